The van der Waals surface area contributed by atoms with Gasteiger partial charge in [0.15, 0.2) is 0 Å². The Kier molecular flexibility index (Phi) is 5.14. The molecule has 1 heterocycles. The van der Waals surface area contributed by atoms with E-state index in [4.69, 9.17) is 0 Å². The van der Waals surface area contributed by atoms with Gasteiger partial charge in [-0.3, -0.25) is 0 Å². The molecule has 0 saturated carbocycles. The van der Waals surface area contributed by atoms with Gasteiger partial charge in [-0.05, 0) is 15.9 Å². The fourth-order valence-corrected chi connectivity index (χ4v) is 0.764. The number of carbonyl (C=O) groups excluding carboxylic acids is 1. The molecular formula is C6H4BrLiN2O2. The van der Waals surface area contributed by atoms with E-state index >= 15 is 0 Å². The summed E-state index contributed by atoms with van der Waals surface area (Å²) in [5.74, 6) is -0.916. The Bertz CT molecular complexity index is 265. The summed E-state index contributed by atoms with van der Waals surface area (Å²) in [5, 5.41) is 10.1. The van der Waals surface area contributed by atoms with E-state index in [-0.39, 0.29) is 31.1 Å². The Labute approximate surface area is 89.7 Å². The number of halogens is 1. The van der Waals surface area contributed by atoms with Crippen LogP contribution in [-0.2, 0) is 11.2 Å². The van der Waals surface area contributed by atoms with Crippen molar-refractivity contribution in [1.82, 2.24) is 9.97 Å². The van der Waals surface area contributed by atoms with Gasteiger partial charge in [0.1, 0.15) is 5.82 Å². The number of hydrogen-bond acceptors (Lipinski definition) is 4. The number of hydrogen-bond donors (Lipinski definition) is 0. The largest absolute Gasteiger partial charge is 1.00 e. The van der Waals surface area contributed by atoms with Crippen molar-refractivity contribution in [3.63, 3.8) is 0 Å². The van der Waals surface area contributed by atoms with Crippen LogP contribution >= 0.6 is 15.9 Å². The van der Waals surface area contributed by atoms with Crippen molar-refractivity contribution in [1.29, 1.82) is 0 Å². The fraction of sp³-hybridized carbons (Fsp3) is 0.167. The monoisotopic (exact) mass is 222 g/mol. The van der Waals surface area contributed by atoms with Crippen LogP contribution in [0.25, 0.3) is 0 Å². The molecule has 0 amide bonds. The molecule has 0 saturated heterocycles. The summed E-state index contributed by atoms with van der Waals surface area (Å²) in [6.45, 7) is 0. The van der Waals surface area contributed by atoms with Crippen LogP contribution in [0.5, 0.6) is 0 Å². The SMILES string of the molecule is O=C([O-])Cc1ncc(Br)cn1.[Li+]. The van der Waals surface area contributed by atoms with Gasteiger partial charge < -0.3 is 9.90 Å². The average Bonchev–Trinajstić information content (AvgIpc) is 1.93. The smallest absolute Gasteiger partial charge is 0.550 e. The van der Waals surface area contributed by atoms with Crippen LogP contribution in [0.3, 0.4) is 0 Å². The molecule has 12 heavy (non-hydrogen) atoms. The minimum absolute atomic E-state index is 0. The van der Waals surface area contributed by atoms with Crippen molar-refractivity contribution < 1.29 is 28.8 Å². The maximum Gasteiger partial charge on any atom is 1.00 e. The van der Waals surface area contributed by atoms with Crippen LogP contribution in [0.4, 0.5) is 0 Å². The zero-order valence-electron chi connectivity index (χ0n) is 6.45. The van der Waals surface area contributed by atoms with Crippen molar-refractivity contribution in [2.24, 2.45) is 0 Å². The van der Waals surface area contributed by atoms with Crippen LogP contribution in [0.15, 0.2) is 16.9 Å². The second-order valence-electron chi connectivity index (χ2n) is 1.87. The molecule has 0 aliphatic heterocycles. The van der Waals surface area contributed by atoms with Gasteiger partial charge in [0, 0.05) is 24.8 Å². The van der Waals surface area contributed by atoms with Crippen molar-refractivity contribution in [3.05, 3.63) is 22.7 Å². The summed E-state index contributed by atoms with van der Waals surface area (Å²) in [4.78, 5) is 17.5. The van der Waals surface area contributed by atoms with E-state index in [2.05, 4.69) is 25.9 Å². The predicted octanol–water partition coefficient (Wildman–Crippen LogP) is -3.46. The normalized spacial score (nSPS) is 8.75. The van der Waals surface area contributed by atoms with Gasteiger partial charge in [-0.1, -0.05) is 0 Å². The summed E-state index contributed by atoms with van der Waals surface area (Å²) in [7, 11) is 0. The summed E-state index contributed by atoms with van der Waals surface area (Å²) < 4.78 is 0.722. The molecule has 0 fully saturated rings. The van der Waals surface area contributed by atoms with E-state index in [1.165, 1.54) is 12.4 Å². The predicted molar refractivity (Wildman–Crippen MR) is 38.4 cm³/mol. The molecule has 0 aliphatic carbocycles. The molecule has 0 atom stereocenters. The Morgan fingerprint density at radius 3 is 2.42 bits per heavy atom. The molecule has 58 valence electrons. The van der Waals surface area contributed by atoms with E-state index in [1.807, 2.05) is 0 Å². The minimum atomic E-state index is -1.17. The second-order valence-corrected chi connectivity index (χ2v) is 2.78. The van der Waals surface area contributed by atoms with Gasteiger partial charge in [0.05, 0.1) is 4.47 Å². The molecule has 0 aromatic carbocycles. The molecule has 0 radical (unpaired) electrons. The molecule has 1 rings (SSSR count). The van der Waals surface area contributed by atoms with Crippen molar-refractivity contribution >= 4 is 21.9 Å². The van der Waals surface area contributed by atoms with Crippen LogP contribution < -0.4 is 24.0 Å². The molecule has 0 spiro atoms. The molecular weight excluding hydrogens is 219 g/mol. The Hall–Kier alpha value is -0.373. The van der Waals surface area contributed by atoms with E-state index < -0.39 is 5.97 Å². The molecule has 1 aromatic heterocycles. The quantitative estimate of drug-likeness (QED) is 0.488. The van der Waals surface area contributed by atoms with E-state index in [0.717, 1.165) is 4.47 Å². The first kappa shape index (κ1) is 11.6. The van der Waals surface area contributed by atoms with Gasteiger partial charge >= 0.3 is 18.9 Å². The Morgan fingerprint density at radius 2 is 2.00 bits per heavy atom. The minimum Gasteiger partial charge on any atom is -0.550 e. The van der Waals surface area contributed by atoms with Gasteiger partial charge in [-0.25, -0.2) is 9.97 Å². The first-order valence-corrected chi connectivity index (χ1v) is 3.64. The van der Waals surface area contributed by atoms with Crippen molar-refractivity contribution in [3.8, 4) is 0 Å². The number of nitrogens with zero attached hydrogens (tertiary/aromatic N) is 2. The standard InChI is InChI=1S/C6H5BrN2O2.Li/c7-4-2-8-5(9-3-4)1-6(10)11;/h2-3H,1H2,(H,10,11);/q;+1/p-1. The summed E-state index contributed by atoms with van der Waals surface area (Å²) in [5.41, 5.74) is 0. The zero-order valence-corrected chi connectivity index (χ0v) is 8.04. The van der Waals surface area contributed by atoms with Gasteiger partial charge in [0.2, 0.25) is 0 Å². The Balaban J connectivity index is 0.00000121. The maximum atomic E-state index is 10.1. The third-order valence-electron chi connectivity index (χ3n) is 0.976. The van der Waals surface area contributed by atoms with Gasteiger partial charge in [-0.15, -0.1) is 0 Å². The van der Waals surface area contributed by atoms with Crippen LogP contribution in [-0.4, -0.2) is 15.9 Å². The molecule has 0 unspecified atom stereocenters. The second kappa shape index (κ2) is 5.30. The molecule has 0 N–H and O–H groups in total. The number of carboxylic acids is 1. The molecule has 0 aliphatic rings. The fourth-order valence-electron chi connectivity index (χ4n) is 0.559. The maximum absolute atomic E-state index is 10.1. The Morgan fingerprint density at radius 1 is 1.50 bits per heavy atom. The van der Waals surface area contributed by atoms with Gasteiger partial charge in [0.25, 0.3) is 0 Å². The van der Waals surface area contributed by atoms with Crippen LogP contribution in [0.2, 0.25) is 0 Å². The molecule has 0 bridgehead atoms. The third-order valence-corrected chi connectivity index (χ3v) is 1.39. The van der Waals surface area contributed by atoms with E-state index in [9.17, 15) is 9.90 Å². The van der Waals surface area contributed by atoms with Crippen molar-refractivity contribution in [2.45, 2.75) is 6.42 Å². The number of rotatable bonds is 2. The van der Waals surface area contributed by atoms with E-state index in [1.54, 1.807) is 0 Å². The summed E-state index contributed by atoms with van der Waals surface area (Å²) in [6.07, 6.45) is 2.74. The number of carboxylic acid groups (broad SMARTS) is 1. The topological polar surface area (TPSA) is 65.9 Å². The summed E-state index contributed by atoms with van der Waals surface area (Å²) in [6, 6.07) is 0. The number of aliphatic carboxylic acids is 1. The first-order chi connectivity index (χ1) is 5.18. The molecule has 1 aromatic rings. The average molecular weight is 223 g/mol. The van der Waals surface area contributed by atoms with Crippen molar-refractivity contribution in [2.75, 3.05) is 0 Å². The number of aromatic nitrogens is 2. The number of carbonyl (C=O) groups is 1. The van der Waals surface area contributed by atoms with Gasteiger partial charge in [-0.2, -0.15) is 0 Å². The summed E-state index contributed by atoms with van der Waals surface area (Å²) >= 11 is 3.12. The first-order valence-electron chi connectivity index (χ1n) is 2.85. The van der Waals surface area contributed by atoms with Crippen LogP contribution in [0, 0.1) is 0 Å². The third kappa shape index (κ3) is 3.86. The molecule has 4 nitrogen and oxygen atoms in total. The zero-order chi connectivity index (χ0) is 8.27. The van der Waals surface area contributed by atoms with Crippen LogP contribution in [0.1, 0.15) is 5.82 Å². The van der Waals surface area contributed by atoms with E-state index in [0.29, 0.717) is 0 Å². The molecule has 6 heteroatoms.